The molecule has 0 atom stereocenters. The molecule has 0 bridgehead atoms. The second-order valence-electron chi connectivity index (χ2n) is 2.68. The third-order valence-electron chi connectivity index (χ3n) is 1.50. The number of rotatable bonds is 6. The Balaban J connectivity index is 0. The number of hydrogen-bond acceptors (Lipinski definition) is 3. The summed E-state index contributed by atoms with van der Waals surface area (Å²) in [7, 11) is 0. The van der Waals surface area contributed by atoms with Gasteiger partial charge < -0.3 is 10.9 Å². The van der Waals surface area contributed by atoms with Gasteiger partial charge >= 0.3 is 5.97 Å². The summed E-state index contributed by atoms with van der Waals surface area (Å²) in [6.45, 7) is 4.75. The van der Waals surface area contributed by atoms with Gasteiger partial charge in [-0.2, -0.15) is 0 Å². The van der Waals surface area contributed by atoms with E-state index >= 15 is 0 Å². The molecule has 0 aromatic heterocycles. The average Bonchev–Trinajstić information content (AvgIpc) is 2.01. The van der Waals surface area contributed by atoms with E-state index in [9.17, 15) is 4.79 Å². The van der Waals surface area contributed by atoms with Gasteiger partial charge in [0, 0.05) is 6.42 Å². The van der Waals surface area contributed by atoms with Crippen LogP contribution in [0, 0.1) is 0 Å². The van der Waals surface area contributed by atoms with Crippen LogP contribution < -0.4 is 6.15 Å². The number of esters is 1. The lowest BCUT2D eigenvalue weighted by molar-refractivity contribution is -0.143. The van der Waals surface area contributed by atoms with Gasteiger partial charge in [-0.05, 0) is 12.8 Å². The molecular formula is C9H21NO2. The van der Waals surface area contributed by atoms with Gasteiger partial charge in [0.2, 0.25) is 0 Å². The molecule has 0 amide bonds. The first-order chi connectivity index (χ1) is 5.31. The number of unbranched alkanes of at least 4 members (excludes halogenated alkanes) is 2. The van der Waals surface area contributed by atoms with Gasteiger partial charge in [0.15, 0.2) is 0 Å². The summed E-state index contributed by atoms with van der Waals surface area (Å²) in [6, 6.07) is 0. The zero-order valence-electron chi connectivity index (χ0n) is 8.27. The fraction of sp³-hybridized carbons (Fsp3) is 0.889. The Kier molecular flexibility index (Phi) is 12.2. The summed E-state index contributed by atoms with van der Waals surface area (Å²) in [5, 5.41) is 0. The molecule has 3 nitrogen and oxygen atoms in total. The van der Waals surface area contributed by atoms with Gasteiger partial charge in [-0.3, -0.25) is 4.79 Å². The first-order valence-electron chi connectivity index (χ1n) is 4.46. The second kappa shape index (κ2) is 10.4. The highest BCUT2D eigenvalue weighted by atomic mass is 16.5. The number of carbonyl (C=O) groups is 1. The van der Waals surface area contributed by atoms with Crippen molar-refractivity contribution in [2.45, 2.75) is 46.0 Å². The van der Waals surface area contributed by atoms with Crippen LogP contribution in [0.25, 0.3) is 0 Å². The average molecular weight is 175 g/mol. The summed E-state index contributed by atoms with van der Waals surface area (Å²) < 4.78 is 4.95. The summed E-state index contributed by atoms with van der Waals surface area (Å²) in [6.07, 6.45) is 4.66. The van der Waals surface area contributed by atoms with Crippen molar-refractivity contribution < 1.29 is 9.53 Å². The Labute approximate surface area is 75.1 Å². The predicted molar refractivity (Wildman–Crippen MR) is 50.4 cm³/mol. The Hall–Kier alpha value is -0.570. The Morgan fingerprint density at radius 2 is 1.75 bits per heavy atom. The van der Waals surface area contributed by atoms with Crippen LogP contribution in [0.4, 0.5) is 0 Å². The number of carbonyl (C=O) groups excluding carboxylic acids is 1. The Morgan fingerprint density at radius 3 is 2.25 bits per heavy atom. The van der Waals surface area contributed by atoms with Gasteiger partial charge in [0.1, 0.15) is 0 Å². The maximum absolute atomic E-state index is 10.9. The van der Waals surface area contributed by atoms with Crippen LogP contribution >= 0.6 is 0 Å². The molecule has 0 aliphatic rings. The monoisotopic (exact) mass is 175 g/mol. The lowest BCUT2D eigenvalue weighted by atomic mass is 10.2. The SMILES string of the molecule is CCCCOC(=O)CCCC.N. The van der Waals surface area contributed by atoms with Gasteiger partial charge in [-0.15, -0.1) is 0 Å². The molecule has 0 aliphatic heterocycles. The smallest absolute Gasteiger partial charge is 0.305 e. The van der Waals surface area contributed by atoms with Crippen LogP contribution in [-0.4, -0.2) is 12.6 Å². The summed E-state index contributed by atoms with van der Waals surface area (Å²) in [5.41, 5.74) is 0. The lowest BCUT2D eigenvalue weighted by Gasteiger charge is -2.01. The van der Waals surface area contributed by atoms with Gasteiger partial charge in [0.05, 0.1) is 6.61 Å². The zero-order chi connectivity index (χ0) is 8.53. The van der Waals surface area contributed by atoms with E-state index in [4.69, 9.17) is 4.74 Å². The van der Waals surface area contributed by atoms with Crippen LogP contribution in [0.5, 0.6) is 0 Å². The quantitative estimate of drug-likeness (QED) is 0.498. The summed E-state index contributed by atoms with van der Waals surface area (Å²) in [4.78, 5) is 10.9. The van der Waals surface area contributed by atoms with E-state index < -0.39 is 0 Å². The highest BCUT2D eigenvalue weighted by molar-refractivity contribution is 5.69. The van der Waals surface area contributed by atoms with Crippen molar-refractivity contribution in [3.05, 3.63) is 0 Å². The van der Waals surface area contributed by atoms with Crippen molar-refractivity contribution in [2.24, 2.45) is 0 Å². The molecular weight excluding hydrogens is 154 g/mol. The highest BCUT2D eigenvalue weighted by Gasteiger charge is 1.99. The van der Waals surface area contributed by atoms with Crippen LogP contribution in [0.3, 0.4) is 0 Å². The van der Waals surface area contributed by atoms with Crippen molar-refractivity contribution in [2.75, 3.05) is 6.61 Å². The van der Waals surface area contributed by atoms with E-state index in [1.54, 1.807) is 0 Å². The van der Waals surface area contributed by atoms with Crippen molar-refractivity contribution >= 4 is 5.97 Å². The molecule has 0 unspecified atom stereocenters. The third kappa shape index (κ3) is 9.43. The molecule has 0 spiro atoms. The Bertz CT molecular complexity index is 105. The summed E-state index contributed by atoms with van der Waals surface area (Å²) in [5.74, 6) is -0.0414. The standard InChI is InChI=1S/C9H18O2.H3N/c1-3-5-7-9(10)11-8-6-4-2;/h3-8H2,1-2H3;1H3. The highest BCUT2D eigenvalue weighted by Crippen LogP contribution is 1.97. The van der Waals surface area contributed by atoms with Gasteiger partial charge in [-0.25, -0.2) is 0 Å². The molecule has 0 aliphatic carbocycles. The van der Waals surface area contributed by atoms with Gasteiger partial charge in [-0.1, -0.05) is 26.7 Å². The molecule has 0 rings (SSSR count). The van der Waals surface area contributed by atoms with E-state index in [1.807, 2.05) is 0 Å². The minimum Gasteiger partial charge on any atom is -0.466 e. The molecule has 12 heavy (non-hydrogen) atoms. The van der Waals surface area contributed by atoms with Gasteiger partial charge in [0.25, 0.3) is 0 Å². The molecule has 0 saturated heterocycles. The summed E-state index contributed by atoms with van der Waals surface area (Å²) >= 11 is 0. The number of ether oxygens (including phenoxy) is 1. The van der Waals surface area contributed by atoms with Crippen LogP contribution in [0.1, 0.15) is 46.0 Å². The molecule has 0 heterocycles. The van der Waals surface area contributed by atoms with Crippen molar-refractivity contribution in [1.29, 1.82) is 0 Å². The van der Waals surface area contributed by atoms with E-state index in [0.717, 1.165) is 25.7 Å². The van der Waals surface area contributed by atoms with E-state index in [2.05, 4.69) is 13.8 Å². The van der Waals surface area contributed by atoms with Crippen LogP contribution in [0.2, 0.25) is 0 Å². The first kappa shape index (κ1) is 14.0. The fourth-order valence-corrected chi connectivity index (χ4v) is 0.724. The first-order valence-corrected chi connectivity index (χ1v) is 4.46. The Morgan fingerprint density at radius 1 is 1.17 bits per heavy atom. The third-order valence-corrected chi connectivity index (χ3v) is 1.50. The minimum absolute atomic E-state index is 0. The van der Waals surface area contributed by atoms with Crippen molar-refractivity contribution in [1.82, 2.24) is 6.15 Å². The normalized spacial score (nSPS) is 8.83. The maximum atomic E-state index is 10.9. The molecule has 3 heteroatoms. The molecule has 3 N–H and O–H groups in total. The molecule has 0 saturated carbocycles. The predicted octanol–water partition coefficient (Wildman–Crippen LogP) is 2.68. The van der Waals surface area contributed by atoms with E-state index in [1.165, 1.54) is 0 Å². The van der Waals surface area contributed by atoms with Crippen molar-refractivity contribution in [3.63, 3.8) is 0 Å². The largest absolute Gasteiger partial charge is 0.466 e. The lowest BCUT2D eigenvalue weighted by Crippen LogP contribution is -2.04. The minimum atomic E-state index is -0.0414. The fourth-order valence-electron chi connectivity index (χ4n) is 0.724. The topological polar surface area (TPSA) is 61.3 Å². The van der Waals surface area contributed by atoms with Crippen LogP contribution in [0.15, 0.2) is 0 Å². The zero-order valence-corrected chi connectivity index (χ0v) is 8.27. The molecule has 0 aromatic carbocycles. The maximum Gasteiger partial charge on any atom is 0.305 e. The van der Waals surface area contributed by atoms with Crippen molar-refractivity contribution in [3.8, 4) is 0 Å². The molecule has 74 valence electrons. The number of hydrogen-bond donors (Lipinski definition) is 1. The molecule has 0 fully saturated rings. The molecule has 0 aromatic rings. The van der Waals surface area contributed by atoms with E-state index in [-0.39, 0.29) is 12.1 Å². The van der Waals surface area contributed by atoms with Crippen LogP contribution in [-0.2, 0) is 9.53 Å². The second-order valence-corrected chi connectivity index (χ2v) is 2.68. The molecule has 0 radical (unpaired) electrons. The van der Waals surface area contributed by atoms with E-state index in [0.29, 0.717) is 13.0 Å².